The minimum Gasteiger partial charge on any atom is -0.374 e. The van der Waals surface area contributed by atoms with E-state index in [4.69, 9.17) is 4.74 Å². The molecular formula is C17H21NO2. The summed E-state index contributed by atoms with van der Waals surface area (Å²) in [6, 6.07) is 6.16. The molecule has 2 aromatic rings. The summed E-state index contributed by atoms with van der Waals surface area (Å²) in [6.45, 7) is 8.21. The fourth-order valence-electron chi connectivity index (χ4n) is 3.34. The number of H-pyrrole nitrogens is 1. The lowest BCUT2D eigenvalue weighted by molar-refractivity contribution is 0.0491. The first-order chi connectivity index (χ1) is 9.49. The zero-order chi connectivity index (χ0) is 14.4. The van der Waals surface area contributed by atoms with Crippen molar-refractivity contribution in [2.45, 2.75) is 39.9 Å². The quantitative estimate of drug-likeness (QED) is 0.846. The molecule has 106 valence electrons. The van der Waals surface area contributed by atoms with Crippen molar-refractivity contribution in [1.29, 1.82) is 0 Å². The molecule has 0 radical (unpaired) electrons. The average Bonchev–Trinajstić information content (AvgIpc) is 2.91. The van der Waals surface area contributed by atoms with Gasteiger partial charge in [-0.05, 0) is 38.8 Å². The number of hydrogen-bond donors (Lipinski definition) is 1. The highest BCUT2D eigenvalue weighted by Crippen LogP contribution is 2.36. The van der Waals surface area contributed by atoms with Crippen molar-refractivity contribution in [3.8, 4) is 0 Å². The standard InChI is InChI=1S/C17H21NO2/c1-9-5-6-15-13(7-9)14(8-18-15)17(19)16-10(2)11(3)20-12(16)4/h5-8,10-12,16,18H,1-4H3. The molecular weight excluding hydrogens is 250 g/mol. The number of nitrogens with one attached hydrogen (secondary N) is 1. The van der Waals surface area contributed by atoms with E-state index in [2.05, 4.69) is 24.0 Å². The summed E-state index contributed by atoms with van der Waals surface area (Å²) in [5.41, 5.74) is 2.99. The molecule has 0 spiro atoms. The molecule has 2 heterocycles. The van der Waals surface area contributed by atoms with Crippen LogP contribution in [0.5, 0.6) is 0 Å². The molecule has 1 saturated heterocycles. The van der Waals surface area contributed by atoms with E-state index < -0.39 is 0 Å². The molecule has 1 aliphatic rings. The van der Waals surface area contributed by atoms with Crippen LogP contribution in [0.1, 0.15) is 36.7 Å². The Balaban J connectivity index is 2.03. The van der Waals surface area contributed by atoms with Crippen molar-refractivity contribution < 1.29 is 9.53 Å². The zero-order valence-electron chi connectivity index (χ0n) is 12.4. The number of aromatic nitrogens is 1. The van der Waals surface area contributed by atoms with Crippen molar-refractivity contribution in [2.75, 3.05) is 0 Å². The Bertz CT molecular complexity index is 658. The lowest BCUT2D eigenvalue weighted by Gasteiger charge is -2.16. The monoisotopic (exact) mass is 271 g/mol. The van der Waals surface area contributed by atoms with Gasteiger partial charge in [0.15, 0.2) is 5.78 Å². The summed E-state index contributed by atoms with van der Waals surface area (Å²) in [6.07, 6.45) is 1.97. The Morgan fingerprint density at radius 2 is 1.95 bits per heavy atom. The number of benzene rings is 1. The summed E-state index contributed by atoms with van der Waals surface area (Å²) in [5.74, 6) is 0.406. The van der Waals surface area contributed by atoms with E-state index >= 15 is 0 Å². The van der Waals surface area contributed by atoms with E-state index in [1.165, 1.54) is 5.56 Å². The molecule has 3 rings (SSSR count). The number of ketones is 1. The third-order valence-corrected chi connectivity index (χ3v) is 4.65. The number of rotatable bonds is 2. The van der Waals surface area contributed by atoms with Gasteiger partial charge in [0.2, 0.25) is 0 Å². The number of Topliss-reactive ketones (excluding diaryl/α,β-unsaturated/α-hetero) is 1. The molecule has 3 nitrogen and oxygen atoms in total. The average molecular weight is 271 g/mol. The number of fused-ring (bicyclic) bond motifs is 1. The molecule has 0 aliphatic carbocycles. The van der Waals surface area contributed by atoms with E-state index in [0.29, 0.717) is 0 Å². The maximum Gasteiger partial charge on any atom is 0.171 e. The SMILES string of the molecule is Cc1ccc2[nH]cc(C(=O)C3C(C)OC(C)C3C)c2c1. The van der Waals surface area contributed by atoms with Crippen LogP contribution in [0, 0.1) is 18.8 Å². The van der Waals surface area contributed by atoms with Crippen molar-refractivity contribution in [1.82, 2.24) is 4.98 Å². The van der Waals surface area contributed by atoms with Gasteiger partial charge in [0.1, 0.15) is 0 Å². The van der Waals surface area contributed by atoms with Gasteiger partial charge in [-0.15, -0.1) is 0 Å². The summed E-state index contributed by atoms with van der Waals surface area (Å²) >= 11 is 0. The van der Waals surface area contributed by atoms with Gasteiger partial charge >= 0.3 is 0 Å². The summed E-state index contributed by atoms with van der Waals surface area (Å²) in [7, 11) is 0. The Morgan fingerprint density at radius 1 is 1.20 bits per heavy atom. The van der Waals surface area contributed by atoms with E-state index in [9.17, 15) is 4.79 Å². The van der Waals surface area contributed by atoms with Gasteiger partial charge < -0.3 is 9.72 Å². The third kappa shape index (κ3) is 1.97. The predicted molar refractivity (Wildman–Crippen MR) is 80.0 cm³/mol. The van der Waals surface area contributed by atoms with Crippen molar-refractivity contribution >= 4 is 16.7 Å². The minimum atomic E-state index is -0.0514. The van der Waals surface area contributed by atoms with Crippen LogP contribution in [0.15, 0.2) is 24.4 Å². The van der Waals surface area contributed by atoms with E-state index in [1.807, 2.05) is 33.0 Å². The molecule has 1 aliphatic heterocycles. The fourth-order valence-corrected chi connectivity index (χ4v) is 3.34. The molecule has 1 fully saturated rings. The first-order valence-corrected chi connectivity index (χ1v) is 7.26. The molecule has 3 heteroatoms. The second-order valence-corrected chi connectivity index (χ2v) is 6.05. The molecule has 1 aromatic carbocycles. The second-order valence-electron chi connectivity index (χ2n) is 6.05. The fraction of sp³-hybridized carbons (Fsp3) is 0.471. The van der Waals surface area contributed by atoms with Crippen LogP contribution in [-0.4, -0.2) is 23.0 Å². The molecule has 4 unspecified atom stereocenters. The van der Waals surface area contributed by atoms with Gasteiger partial charge in [-0.25, -0.2) is 0 Å². The molecule has 0 saturated carbocycles. The molecule has 0 amide bonds. The van der Waals surface area contributed by atoms with Crippen LogP contribution in [0.4, 0.5) is 0 Å². The van der Waals surface area contributed by atoms with Gasteiger partial charge in [-0.2, -0.15) is 0 Å². The van der Waals surface area contributed by atoms with E-state index in [-0.39, 0.29) is 29.8 Å². The minimum absolute atomic E-state index is 0.0118. The number of carbonyl (C=O) groups is 1. The maximum absolute atomic E-state index is 12.9. The highest BCUT2D eigenvalue weighted by Gasteiger charge is 2.42. The van der Waals surface area contributed by atoms with Crippen LogP contribution < -0.4 is 0 Å². The topological polar surface area (TPSA) is 42.1 Å². The smallest absolute Gasteiger partial charge is 0.171 e. The van der Waals surface area contributed by atoms with Crippen molar-refractivity contribution in [3.63, 3.8) is 0 Å². The summed E-state index contributed by atoms with van der Waals surface area (Å²) in [4.78, 5) is 16.1. The Kier molecular flexibility index (Phi) is 3.17. The van der Waals surface area contributed by atoms with Crippen LogP contribution in [0.3, 0.4) is 0 Å². The molecule has 1 N–H and O–H groups in total. The van der Waals surface area contributed by atoms with Crippen molar-refractivity contribution in [3.05, 3.63) is 35.5 Å². The van der Waals surface area contributed by atoms with Gasteiger partial charge in [0, 0.05) is 22.7 Å². The molecule has 1 aromatic heterocycles. The largest absolute Gasteiger partial charge is 0.374 e. The first-order valence-electron chi connectivity index (χ1n) is 7.26. The van der Waals surface area contributed by atoms with E-state index in [0.717, 1.165) is 16.5 Å². The van der Waals surface area contributed by atoms with Gasteiger partial charge in [0.25, 0.3) is 0 Å². The van der Waals surface area contributed by atoms with Crippen LogP contribution in [0.25, 0.3) is 10.9 Å². The molecule has 20 heavy (non-hydrogen) atoms. The van der Waals surface area contributed by atoms with Crippen LogP contribution >= 0.6 is 0 Å². The van der Waals surface area contributed by atoms with Gasteiger partial charge in [0.05, 0.1) is 18.1 Å². The number of ether oxygens (including phenoxy) is 1. The van der Waals surface area contributed by atoms with Crippen LogP contribution in [-0.2, 0) is 4.74 Å². The van der Waals surface area contributed by atoms with E-state index in [1.54, 1.807) is 0 Å². The lowest BCUT2D eigenvalue weighted by atomic mass is 9.83. The second kappa shape index (κ2) is 4.74. The Labute approximate surface area is 119 Å². The molecule has 0 bridgehead atoms. The highest BCUT2D eigenvalue weighted by molar-refractivity contribution is 6.09. The number of hydrogen-bond acceptors (Lipinski definition) is 2. The third-order valence-electron chi connectivity index (χ3n) is 4.65. The zero-order valence-corrected chi connectivity index (χ0v) is 12.4. The number of aromatic amines is 1. The van der Waals surface area contributed by atoms with Gasteiger partial charge in [-0.3, -0.25) is 4.79 Å². The van der Waals surface area contributed by atoms with Crippen LogP contribution in [0.2, 0.25) is 0 Å². The summed E-state index contributed by atoms with van der Waals surface area (Å²) < 4.78 is 5.81. The van der Waals surface area contributed by atoms with Crippen molar-refractivity contribution in [2.24, 2.45) is 11.8 Å². The highest BCUT2D eigenvalue weighted by atomic mass is 16.5. The lowest BCUT2D eigenvalue weighted by Crippen LogP contribution is -2.26. The summed E-state index contributed by atoms with van der Waals surface area (Å²) in [5, 5.41) is 1.02. The molecule has 4 atom stereocenters. The first kappa shape index (κ1) is 13.4. The number of carbonyl (C=O) groups excluding carboxylic acids is 1. The number of aryl methyl sites for hydroxylation is 1. The predicted octanol–water partition coefficient (Wildman–Crippen LogP) is 3.72. The Morgan fingerprint density at radius 3 is 2.60 bits per heavy atom. The Hall–Kier alpha value is -1.61. The normalized spacial score (nSPS) is 30.0. The maximum atomic E-state index is 12.9. The van der Waals surface area contributed by atoms with Gasteiger partial charge in [-0.1, -0.05) is 18.6 Å².